The van der Waals surface area contributed by atoms with Crippen LogP contribution >= 0.6 is 24.8 Å². The molecule has 0 radical (unpaired) electrons. The lowest BCUT2D eigenvalue weighted by Gasteiger charge is -2.26. The van der Waals surface area contributed by atoms with Crippen LogP contribution in [0.5, 0.6) is 0 Å². The van der Waals surface area contributed by atoms with Gasteiger partial charge in [0, 0.05) is 38.6 Å². The van der Waals surface area contributed by atoms with Gasteiger partial charge in [0.05, 0.1) is 13.2 Å². The number of nitrogens with two attached hydrogens (primary N) is 1. The molecule has 1 aliphatic heterocycles. The molecule has 3 N–H and O–H groups in total. The van der Waals surface area contributed by atoms with E-state index >= 15 is 0 Å². The van der Waals surface area contributed by atoms with Crippen molar-refractivity contribution in [2.45, 2.75) is 25.8 Å². The molecule has 0 aromatic heterocycles. The summed E-state index contributed by atoms with van der Waals surface area (Å²) in [5, 5.41) is 2.91. The summed E-state index contributed by atoms with van der Waals surface area (Å²) in [7, 11) is 0. The van der Waals surface area contributed by atoms with Crippen LogP contribution < -0.4 is 11.1 Å². The summed E-state index contributed by atoms with van der Waals surface area (Å²) in [5.41, 5.74) is 5.58. The van der Waals surface area contributed by atoms with Crippen molar-refractivity contribution in [3.05, 3.63) is 0 Å². The highest BCUT2D eigenvalue weighted by molar-refractivity contribution is 5.85. The third-order valence-corrected chi connectivity index (χ3v) is 2.68. The second-order valence-corrected chi connectivity index (χ2v) is 4.32. The zero-order valence-electron chi connectivity index (χ0n) is 10.9. The zero-order chi connectivity index (χ0) is 11.8. The highest BCUT2D eigenvalue weighted by atomic mass is 35.5. The Morgan fingerprint density at radius 3 is 2.56 bits per heavy atom. The molecular weight excluding hydrogens is 277 g/mol. The number of nitrogens with zero attached hydrogens (tertiary/aromatic N) is 1. The Bertz CT molecular complexity index is 212. The van der Waals surface area contributed by atoms with E-state index in [9.17, 15) is 4.79 Å². The highest BCUT2D eigenvalue weighted by Gasteiger charge is 2.10. The van der Waals surface area contributed by atoms with Crippen molar-refractivity contribution in [1.29, 1.82) is 0 Å². The maximum atomic E-state index is 11.4. The number of hydrogen-bond donors (Lipinski definition) is 2. The van der Waals surface area contributed by atoms with Crippen LogP contribution in [0, 0.1) is 0 Å². The first-order chi connectivity index (χ1) is 7.68. The lowest BCUT2D eigenvalue weighted by Crippen LogP contribution is -2.41. The lowest BCUT2D eigenvalue weighted by molar-refractivity contribution is -0.121. The first kappa shape index (κ1) is 20.3. The van der Waals surface area contributed by atoms with E-state index in [1.807, 2.05) is 6.92 Å². The maximum Gasteiger partial charge on any atom is 0.220 e. The molecule has 0 aromatic rings. The fourth-order valence-corrected chi connectivity index (χ4v) is 1.63. The van der Waals surface area contributed by atoms with Crippen molar-refractivity contribution < 1.29 is 9.53 Å². The largest absolute Gasteiger partial charge is 0.379 e. The van der Waals surface area contributed by atoms with Crippen LogP contribution in [0.15, 0.2) is 0 Å². The van der Waals surface area contributed by atoms with Crippen molar-refractivity contribution in [1.82, 2.24) is 10.2 Å². The van der Waals surface area contributed by atoms with Gasteiger partial charge in [-0.25, -0.2) is 0 Å². The van der Waals surface area contributed by atoms with E-state index in [1.54, 1.807) is 0 Å². The molecule has 1 fully saturated rings. The molecule has 0 aromatic carbocycles. The molecule has 110 valence electrons. The molecule has 5 nitrogen and oxygen atoms in total. The Morgan fingerprint density at radius 1 is 1.39 bits per heavy atom. The standard InChI is InChI=1S/C11H23N3O2.2ClH/c1-10(12)2-3-11(15)13-4-5-14-6-8-16-9-7-14;;/h10H,2-9,12H2,1H3,(H,13,15);2*1H. The van der Waals surface area contributed by atoms with Crippen molar-refractivity contribution in [2.75, 3.05) is 39.4 Å². The fourth-order valence-electron chi connectivity index (χ4n) is 1.63. The summed E-state index contributed by atoms with van der Waals surface area (Å²) in [6.07, 6.45) is 1.28. The quantitative estimate of drug-likeness (QED) is 0.745. The van der Waals surface area contributed by atoms with Gasteiger partial charge in [0.1, 0.15) is 0 Å². The number of halogens is 2. The third-order valence-electron chi connectivity index (χ3n) is 2.68. The van der Waals surface area contributed by atoms with Crippen molar-refractivity contribution >= 4 is 30.7 Å². The van der Waals surface area contributed by atoms with Crippen LogP contribution in [0.2, 0.25) is 0 Å². The fraction of sp³-hybridized carbons (Fsp3) is 0.909. The van der Waals surface area contributed by atoms with E-state index in [1.165, 1.54) is 0 Å². The Morgan fingerprint density at radius 2 is 2.00 bits per heavy atom. The van der Waals surface area contributed by atoms with E-state index < -0.39 is 0 Å². The predicted octanol–water partition coefficient (Wildman–Crippen LogP) is 0.406. The molecule has 18 heavy (non-hydrogen) atoms. The molecular formula is C11H25Cl2N3O2. The van der Waals surface area contributed by atoms with Crippen molar-refractivity contribution in [3.63, 3.8) is 0 Å². The molecule has 0 bridgehead atoms. The zero-order valence-corrected chi connectivity index (χ0v) is 12.5. The Kier molecular flexibility index (Phi) is 13.5. The molecule has 1 unspecified atom stereocenters. The van der Waals surface area contributed by atoms with Crippen LogP contribution in [0.3, 0.4) is 0 Å². The molecule has 1 saturated heterocycles. The third kappa shape index (κ3) is 9.91. The van der Waals surface area contributed by atoms with Crippen LogP contribution in [-0.4, -0.2) is 56.2 Å². The summed E-state index contributed by atoms with van der Waals surface area (Å²) in [6.45, 7) is 7.09. The molecule has 0 saturated carbocycles. The monoisotopic (exact) mass is 301 g/mol. The van der Waals surface area contributed by atoms with Gasteiger partial charge in [0.15, 0.2) is 0 Å². The number of nitrogens with one attached hydrogen (secondary N) is 1. The minimum Gasteiger partial charge on any atom is -0.379 e. The number of carbonyl (C=O) groups excluding carboxylic acids is 1. The van der Waals surface area contributed by atoms with Gasteiger partial charge in [-0.3, -0.25) is 9.69 Å². The topological polar surface area (TPSA) is 67.6 Å². The summed E-state index contributed by atoms with van der Waals surface area (Å²) >= 11 is 0. The van der Waals surface area contributed by atoms with Gasteiger partial charge in [-0.15, -0.1) is 24.8 Å². The second kappa shape index (κ2) is 12.0. The summed E-state index contributed by atoms with van der Waals surface area (Å²) in [5.74, 6) is 0.102. The smallest absolute Gasteiger partial charge is 0.220 e. The summed E-state index contributed by atoms with van der Waals surface area (Å²) in [6, 6.07) is 0.102. The van der Waals surface area contributed by atoms with Crippen LogP contribution in [0.25, 0.3) is 0 Å². The SMILES string of the molecule is CC(N)CCC(=O)NCCN1CCOCC1.Cl.Cl. The van der Waals surface area contributed by atoms with Gasteiger partial charge in [0.25, 0.3) is 0 Å². The molecule has 1 aliphatic rings. The maximum absolute atomic E-state index is 11.4. The van der Waals surface area contributed by atoms with E-state index in [4.69, 9.17) is 10.5 Å². The molecule has 1 amide bonds. The molecule has 1 heterocycles. The van der Waals surface area contributed by atoms with Gasteiger partial charge >= 0.3 is 0 Å². The van der Waals surface area contributed by atoms with Gasteiger partial charge < -0.3 is 15.8 Å². The number of amides is 1. The van der Waals surface area contributed by atoms with E-state index in [0.29, 0.717) is 6.42 Å². The van der Waals surface area contributed by atoms with Crippen LogP contribution in [-0.2, 0) is 9.53 Å². The van der Waals surface area contributed by atoms with E-state index in [2.05, 4.69) is 10.2 Å². The van der Waals surface area contributed by atoms with Gasteiger partial charge in [0.2, 0.25) is 5.91 Å². The molecule has 0 aliphatic carbocycles. The molecule has 1 atom stereocenters. The minimum atomic E-state index is 0. The number of ether oxygens (including phenoxy) is 1. The first-order valence-corrected chi connectivity index (χ1v) is 6.01. The molecule has 0 spiro atoms. The highest BCUT2D eigenvalue weighted by Crippen LogP contribution is 1.96. The number of hydrogen-bond acceptors (Lipinski definition) is 4. The average molecular weight is 302 g/mol. The van der Waals surface area contributed by atoms with Crippen LogP contribution in [0.4, 0.5) is 0 Å². The Labute approximate surface area is 122 Å². The predicted molar refractivity (Wildman–Crippen MR) is 77.6 cm³/mol. The first-order valence-electron chi connectivity index (χ1n) is 6.01. The number of morpholine rings is 1. The van der Waals surface area contributed by atoms with Gasteiger partial charge in [-0.05, 0) is 13.3 Å². The Balaban J connectivity index is 0. The van der Waals surface area contributed by atoms with E-state index in [-0.39, 0.29) is 36.8 Å². The second-order valence-electron chi connectivity index (χ2n) is 4.32. The van der Waals surface area contributed by atoms with Gasteiger partial charge in [-0.2, -0.15) is 0 Å². The Hall–Kier alpha value is -0.0700. The summed E-state index contributed by atoms with van der Waals surface area (Å²) in [4.78, 5) is 13.7. The number of carbonyl (C=O) groups is 1. The lowest BCUT2D eigenvalue weighted by atomic mass is 10.2. The minimum absolute atomic E-state index is 0. The summed E-state index contributed by atoms with van der Waals surface area (Å²) < 4.78 is 5.25. The molecule has 1 rings (SSSR count). The van der Waals surface area contributed by atoms with E-state index in [0.717, 1.165) is 45.8 Å². The normalized spacial score (nSPS) is 17.2. The molecule has 7 heteroatoms. The average Bonchev–Trinajstić information content (AvgIpc) is 2.28. The van der Waals surface area contributed by atoms with Crippen LogP contribution in [0.1, 0.15) is 19.8 Å². The van der Waals surface area contributed by atoms with Crippen molar-refractivity contribution in [2.24, 2.45) is 5.73 Å². The van der Waals surface area contributed by atoms with Gasteiger partial charge in [-0.1, -0.05) is 0 Å². The number of rotatable bonds is 6. The van der Waals surface area contributed by atoms with Crippen molar-refractivity contribution in [3.8, 4) is 0 Å².